The fourth-order valence-electron chi connectivity index (χ4n) is 3.14. The lowest BCUT2D eigenvalue weighted by molar-refractivity contribution is 0.0944. The van der Waals surface area contributed by atoms with Crippen LogP contribution in [-0.2, 0) is 10.0 Å². The minimum Gasteiger partial charge on any atom is -0.369 e. The van der Waals surface area contributed by atoms with Crippen LogP contribution in [0.1, 0.15) is 29.1 Å². The molecule has 1 aromatic carbocycles. The van der Waals surface area contributed by atoms with Gasteiger partial charge >= 0.3 is 0 Å². The predicted molar refractivity (Wildman–Crippen MR) is 109 cm³/mol. The number of nitrogens with one attached hydrogen (secondary N) is 1. The van der Waals surface area contributed by atoms with Crippen molar-refractivity contribution in [2.45, 2.75) is 31.7 Å². The van der Waals surface area contributed by atoms with Crippen molar-refractivity contribution < 1.29 is 13.2 Å². The van der Waals surface area contributed by atoms with E-state index in [1.165, 1.54) is 15.9 Å². The number of sulfonamides is 1. The van der Waals surface area contributed by atoms with Gasteiger partial charge in [0.05, 0.1) is 0 Å². The zero-order valence-corrected chi connectivity index (χ0v) is 17.4. The molecule has 0 saturated carbocycles. The Balaban J connectivity index is 1.74. The molecule has 2 heterocycles. The Hall–Kier alpha value is -1.90. The van der Waals surface area contributed by atoms with Crippen molar-refractivity contribution in [1.82, 2.24) is 9.62 Å². The summed E-state index contributed by atoms with van der Waals surface area (Å²) in [5.41, 5.74) is 2.29. The molecule has 0 bridgehead atoms. The zero-order valence-electron chi connectivity index (χ0n) is 15.8. The highest BCUT2D eigenvalue weighted by Crippen LogP contribution is 2.27. The zero-order chi connectivity index (χ0) is 19.6. The van der Waals surface area contributed by atoms with Gasteiger partial charge in [-0.3, -0.25) is 4.79 Å². The maximum absolute atomic E-state index is 13.1. The molecule has 0 unspecified atom stereocenters. The van der Waals surface area contributed by atoms with E-state index in [1.807, 2.05) is 39.0 Å². The van der Waals surface area contributed by atoms with Gasteiger partial charge in [0, 0.05) is 37.9 Å². The molecule has 2 aromatic rings. The molecule has 1 aromatic heterocycles. The molecule has 0 atom stereocenters. The molecule has 1 aliphatic rings. The summed E-state index contributed by atoms with van der Waals surface area (Å²) in [6.45, 7) is 7.80. The third kappa shape index (κ3) is 4.34. The Morgan fingerprint density at radius 3 is 2.48 bits per heavy atom. The van der Waals surface area contributed by atoms with Crippen LogP contribution in [0.3, 0.4) is 0 Å². The molecule has 1 aliphatic heterocycles. The van der Waals surface area contributed by atoms with E-state index in [0.29, 0.717) is 26.2 Å². The second kappa shape index (κ2) is 8.00. The number of anilines is 1. The van der Waals surface area contributed by atoms with Crippen LogP contribution >= 0.6 is 11.3 Å². The number of hydrogen-bond acceptors (Lipinski definition) is 5. The van der Waals surface area contributed by atoms with Gasteiger partial charge in [-0.15, -0.1) is 11.3 Å². The van der Waals surface area contributed by atoms with Crippen LogP contribution in [0.15, 0.2) is 40.6 Å². The fraction of sp³-hybridized carbons (Fsp3) is 0.421. The van der Waals surface area contributed by atoms with E-state index in [-0.39, 0.29) is 21.7 Å². The molecule has 1 saturated heterocycles. The summed E-state index contributed by atoms with van der Waals surface area (Å²) in [7, 11) is -3.69. The Kier molecular flexibility index (Phi) is 5.88. The van der Waals surface area contributed by atoms with Gasteiger partial charge in [0.2, 0.25) is 10.0 Å². The largest absolute Gasteiger partial charge is 0.369 e. The molecule has 146 valence electrons. The standard InChI is InChI=1S/C19H25N3O3S2/c1-14(2)20-19(23)18-17(7-12-26-18)27(24,25)22-10-8-21(9-11-22)16-6-4-5-15(3)13-16/h4-7,12-14H,8-11H2,1-3H3,(H,20,23). The second-order valence-corrected chi connectivity index (χ2v) is 9.79. The van der Waals surface area contributed by atoms with Gasteiger partial charge in [0.1, 0.15) is 9.77 Å². The van der Waals surface area contributed by atoms with Gasteiger partial charge in [0.15, 0.2) is 0 Å². The number of piperazine rings is 1. The molecular formula is C19H25N3O3S2. The maximum Gasteiger partial charge on any atom is 0.262 e. The Morgan fingerprint density at radius 2 is 1.85 bits per heavy atom. The van der Waals surface area contributed by atoms with Crippen molar-refractivity contribution in [2.75, 3.05) is 31.1 Å². The summed E-state index contributed by atoms with van der Waals surface area (Å²) in [6, 6.07) is 9.70. The molecule has 8 heteroatoms. The Morgan fingerprint density at radius 1 is 1.15 bits per heavy atom. The van der Waals surface area contributed by atoms with E-state index in [4.69, 9.17) is 0 Å². The molecule has 1 amide bonds. The monoisotopic (exact) mass is 407 g/mol. The predicted octanol–water partition coefficient (Wildman–Crippen LogP) is 2.71. The first kappa shape index (κ1) is 19.9. The first-order valence-corrected chi connectivity index (χ1v) is 11.3. The van der Waals surface area contributed by atoms with Gasteiger partial charge in [-0.05, 0) is 49.9 Å². The highest BCUT2D eigenvalue weighted by atomic mass is 32.2. The van der Waals surface area contributed by atoms with Crippen LogP contribution in [0.5, 0.6) is 0 Å². The summed E-state index contributed by atoms with van der Waals surface area (Å²) in [6.07, 6.45) is 0. The number of nitrogens with zero attached hydrogens (tertiary/aromatic N) is 2. The van der Waals surface area contributed by atoms with E-state index in [9.17, 15) is 13.2 Å². The molecule has 3 rings (SSSR count). The maximum atomic E-state index is 13.1. The first-order valence-electron chi connectivity index (χ1n) is 8.99. The third-order valence-electron chi connectivity index (χ3n) is 4.48. The summed E-state index contributed by atoms with van der Waals surface area (Å²) >= 11 is 1.16. The van der Waals surface area contributed by atoms with Crippen molar-refractivity contribution in [3.8, 4) is 0 Å². The number of carbonyl (C=O) groups excluding carboxylic acids is 1. The number of benzene rings is 1. The average molecular weight is 408 g/mol. The van der Waals surface area contributed by atoms with E-state index >= 15 is 0 Å². The summed E-state index contributed by atoms with van der Waals surface area (Å²) in [5.74, 6) is -0.336. The van der Waals surface area contributed by atoms with Crippen LogP contribution in [0.4, 0.5) is 5.69 Å². The molecule has 6 nitrogen and oxygen atoms in total. The van der Waals surface area contributed by atoms with Crippen LogP contribution < -0.4 is 10.2 Å². The second-order valence-electron chi connectivity index (χ2n) is 6.97. The topological polar surface area (TPSA) is 69.7 Å². The van der Waals surface area contributed by atoms with Crippen molar-refractivity contribution in [3.05, 3.63) is 46.2 Å². The fourth-order valence-corrected chi connectivity index (χ4v) is 5.87. The number of aryl methyl sites for hydroxylation is 1. The summed E-state index contributed by atoms with van der Waals surface area (Å²) in [4.78, 5) is 14.9. The number of hydrogen-bond donors (Lipinski definition) is 1. The number of amides is 1. The Labute approximate surface area is 164 Å². The highest BCUT2D eigenvalue weighted by molar-refractivity contribution is 7.89. The molecule has 27 heavy (non-hydrogen) atoms. The molecule has 0 aliphatic carbocycles. The number of rotatable bonds is 5. The SMILES string of the molecule is Cc1cccc(N2CCN(S(=O)(=O)c3ccsc3C(=O)NC(C)C)CC2)c1. The highest BCUT2D eigenvalue weighted by Gasteiger charge is 2.32. The molecule has 1 fully saturated rings. The lowest BCUT2D eigenvalue weighted by atomic mass is 10.2. The van der Waals surface area contributed by atoms with Crippen molar-refractivity contribution in [2.24, 2.45) is 0 Å². The van der Waals surface area contributed by atoms with Gasteiger partial charge in [-0.25, -0.2) is 8.42 Å². The third-order valence-corrected chi connectivity index (χ3v) is 7.46. The van der Waals surface area contributed by atoms with Gasteiger partial charge in [0.25, 0.3) is 5.91 Å². The smallest absolute Gasteiger partial charge is 0.262 e. The Bertz CT molecular complexity index is 914. The average Bonchev–Trinajstić information content (AvgIpc) is 3.12. The van der Waals surface area contributed by atoms with Crippen LogP contribution in [0.2, 0.25) is 0 Å². The van der Waals surface area contributed by atoms with Crippen LogP contribution in [0, 0.1) is 6.92 Å². The molecular weight excluding hydrogens is 382 g/mol. The minimum absolute atomic E-state index is 0.0481. The summed E-state index contributed by atoms with van der Waals surface area (Å²) < 4.78 is 27.7. The summed E-state index contributed by atoms with van der Waals surface area (Å²) in [5, 5.41) is 4.43. The lowest BCUT2D eigenvalue weighted by Crippen LogP contribution is -2.48. The van der Waals surface area contributed by atoms with E-state index in [1.54, 1.807) is 5.38 Å². The van der Waals surface area contributed by atoms with Gasteiger partial charge in [-0.1, -0.05) is 12.1 Å². The van der Waals surface area contributed by atoms with Crippen molar-refractivity contribution in [1.29, 1.82) is 0 Å². The lowest BCUT2D eigenvalue weighted by Gasteiger charge is -2.35. The normalized spacial score (nSPS) is 15.9. The van der Waals surface area contributed by atoms with Crippen LogP contribution in [0.25, 0.3) is 0 Å². The number of carbonyl (C=O) groups is 1. The van der Waals surface area contributed by atoms with E-state index in [2.05, 4.69) is 16.3 Å². The van der Waals surface area contributed by atoms with Crippen LogP contribution in [-0.4, -0.2) is 50.9 Å². The van der Waals surface area contributed by atoms with Gasteiger partial charge < -0.3 is 10.2 Å². The molecule has 0 spiro atoms. The van der Waals surface area contributed by atoms with Gasteiger partial charge in [-0.2, -0.15) is 4.31 Å². The first-order chi connectivity index (χ1) is 12.8. The molecule has 0 radical (unpaired) electrons. The number of thiophene rings is 1. The molecule has 1 N–H and O–H groups in total. The van der Waals surface area contributed by atoms with E-state index < -0.39 is 10.0 Å². The quantitative estimate of drug-likeness (QED) is 0.827. The van der Waals surface area contributed by atoms with Crippen molar-refractivity contribution >= 4 is 33.0 Å². The van der Waals surface area contributed by atoms with E-state index in [0.717, 1.165) is 17.0 Å². The van der Waals surface area contributed by atoms with Crippen molar-refractivity contribution in [3.63, 3.8) is 0 Å². The minimum atomic E-state index is -3.69.